The highest BCUT2D eigenvalue weighted by Gasteiger charge is 2.72. The molecular formula is C17H14ClNO6. The van der Waals surface area contributed by atoms with Crippen LogP contribution in [0.2, 0.25) is 5.02 Å². The molecule has 2 saturated heterocycles. The van der Waals surface area contributed by atoms with E-state index in [9.17, 15) is 24.6 Å². The first-order chi connectivity index (χ1) is 11.7. The quantitative estimate of drug-likeness (QED) is 0.618. The molecule has 0 radical (unpaired) electrons. The van der Waals surface area contributed by atoms with Crippen LogP contribution in [0, 0.1) is 11.8 Å². The van der Waals surface area contributed by atoms with Crippen molar-refractivity contribution < 1.29 is 29.3 Å². The van der Waals surface area contributed by atoms with Crippen LogP contribution in [0.15, 0.2) is 30.4 Å². The predicted octanol–water partition coefficient (Wildman–Crippen LogP) is 1.23. The van der Waals surface area contributed by atoms with Gasteiger partial charge in [0.2, 0.25) is 11.8 Å². The number of imide groups is 1. The first-order valence-corrected chi connectivity index (χ1v) is 8.04. The summed E-state index contributed by atoms with van der Waals surface area (Å²) in [4.78, 5) is 38.1. The largest absolute Gasteiger partial charge is 0.478 e. The van der Waals surface area contributed by atoms with Crippen LogP contribution in [0.5, 0.6) is 0 Å². The van der Waals surface area contributed by atoms with E-state index in [1.807, 2.05) is 0 Å². The van der Waals surface area contributed by atoms with Crippen molar-refractivity contribution in [2.24, 2.45) is 11.8 Å². The number of rotatable bonds is 3. The van der Waals surface area contributed by atoms with Gasteiger partial charge in [0.05, 0.1) is 40.3 Å². The molecule has 0 aliphatic carbocycles. The molecule has 2 fully saturated rings. The molecule has 130 valence electrons. The van der Waals surface area contributed by atoms with E-state index in [0.717, 1.165) is 4.90 Å². The van der Waals surface area contributed by atoms with Crippen molar-refractivity contribution in [1.29, 1.82) is 0 Å². The van der Waals surface area contributed by atoms with Gasteiger partial charge in [-0.05, 0) is 25.1 Å². The Balaban J connectivity index is 1.81. The number of hydrogen-bond donors (Lipinski definition) is 2. The number of nitrogens with zero attached hydrogens (tertiary/aromatic N) is 1. The summed E-state index contributed by atoms with van der Waals surface area (Å²) in [5, 5.41) is 19.0. The highest BCUT2D eigenvalue weighted by Crippen LogP contribution is 2.57. The number of aliphatic hydroxyl groups excluding tert-OH is 1. The first-order valence-electron chi connectivity index (χ1n) is 7.66. The second kappa shape index (κ2) is 4.91. The number of fused-ring (bicyclic) bond motifs is 5. The van der Waals surface area contributed by atoms with E-state index in [2.05, 4.69) is 0 Å². The average Bonchev–Trinajstić information content (AvgIpc) is 3.14. The van der Waals surface area contributed by atoms with E-state index in [-0.39, 0.29) is 16.3 Å². The molecule has 2 amide bonds. The molecule has 0 unspecified atom stereocenters. The van der Waals surface area contributed by atoms with E-state index in [4.69, 9.17) is 16.3 Å². The summed E-state index contributed by atoms with van der Waals surface area (Å²) >= 11 is 5.86. The number of carboxylic acids is 1. The van der Waals surface area contributed by atoms with E-state index < -0.39 is 47.4 Å². The molecule has 1 aromatic rings. The Morgan fingerprint density at radius 3 is 2.60 bits per heavy atom. The zero-order valence-electron chi connectivity index (χ0n) is 13.1. The summed E-state index contributed by atoms with van der Waals surface area (Å²) < 4.78 is 5.83. The van der Waals surface area contributed by atoms with Gasteiger partial charge in [-0.25, -0.2) is 9.69 Å². The SMILES string of the molecule is C[C@@]12C=C[C@@](CO)(O1)[C@@H]1C(=O)N(c3ccc(Cl)c(C(=O)O)c3)C(=O)[C@@H]12. The topological polar surface area (TPSA) is 104 Å². The van der Waals surface area contributed by atoms with Crippen molar-refractivity contribution >= 4 is 35.1 Å². The molecule has 0 spiro atoms. The van der Waals surface area contributed by atoms with Gasteiger partial charge in [-0.15, -0.1) is 0 Å². The van der Waals surface area contributed by atoms with Gasteiger partial charge in [-0.3, -0.25) is 9.59 Å². The highest BCUT2D eigenvalue weighted by molar-refractivity contribution is 6.34. The number of ether oxygens (including phenoxy) is 1. The van der Waals surface area contributed by atoms with Crippen LogP contribution < -0.4 is 4.90 Å². The summed E-state index contributed by atoms with van der Waals surface area (Å²) in [5.74, 6) is -3.85. The van der Waals surface area contributed by atoms with Crippen molar-refractivity contribution in [3.05, 3.63) is 40.9 Å². The van der Waals surface area contributed by atoms with Gasteiger partial charge >= 0.3 is 5.97 Å². The molecular weight excluding hydrogens is 350 g/mol. The molecule has 8 heteroatoms. The maximum absolute atomic E-state index is 13.0. The molecule has 0 saturated carbocycles. The Bertz CT molecular complexity index is 867. The average molecular weight is 364 g/mol. The second-order valence-corrected chi connectivity index (χ2v) is 7.08. The number of carbonyl (C=O) groups is 3. The number of aromatic carboxylic acids is 1. The lowest BCUT2D eigenvalue weighted by Gasteiger charge is -2.27. The zero-order valence-corrected chi connectivity index (χ0v) is 13.9. The highest BCUT2D eigenvalue weighted by atomic mass is 35.5. The number of halogens is 1. The molecule has 3 aliphatic heterocycles. The number of carboxylic acid groups (broad SMARTS) is 1. The number of amides is 2. The Kier molecular flexibility index (Phi) is 3.19. The Labute approximate surface area is 147 Å². The lowest BCUT2D eigenvalue weighted by atomic mass is 9.73. The fourth-order valence-electron chi connectivity index (χ4n) is 4.11. The lowest BCUT2D eigenvalue weighted by molar-refractivity contribution is -0.131. The smallest absolute Gasteiger partial charge is 0.337 e. The number of aliphatic hydroxyl groups is 1. The summed E-state index contributed by atoms with van der Waals surface area (Å²) in [6, 6.07) is 3.96. The molecule has 4 atom stereocenters. The Hall–Kier alpha value is -2.22. The van der Waals surface area contributed by atoms with Crippen molar-refractivity contribution in [3.8, 4) is 0 Å². The number of benzene rings is 1. The maximum atomic E-state index is 13.0. The van der Waals surface area contributed by atoms with Gasteiger partial charge < -0.3 is 14.9 Å². The standard InChI is InChI=1S/C17H14ClNO6/c1-16-4-5-17(7-20,25-16)12-11(16)13(21)19(14(12)22)8-2-3-10(18)9(6-8)15(23)24/h2-6,11-12,20H,7H2,1H3,(H,23,24)/t11-,12+,16+,17+/m1/s1. The summed E-state index contributed by atoms with van der Waals surface area (Å²) in [5.41, 5.74) is -2.25. The number of hydrogen-bond acceptors (Lipinski definition) is 5. The minimum absolute atomic E-state index is 0.0133. The van der Waals surface area contributed by atoms with Crippen LogP contribution in [-0.4, -0.2) is 45.8 Å². The van der Waals surface area contributed by atoms with E-state index in [1.165, 1.54) is 18.2 Å². The normalized spacial score (nSPS) is 35.6. The van der Waals surface area contributed by atoms with Gasteiger partial charge in [-0.2, -0.15) is 0 Å². The van der Waals surface area contributed by atoms with Crippen LogP contribution in [0.3, 0.4) is 0 Å². The van der Waals surface area contributed by atoms with Gasteiger partial charge in [0.15, 0.2) is 0 Å². The molecule has 0 aromatic heterocycles. The van der Waals surface area contributed by atoms with E-state index >= 15 is 0 Å². The number of carbonyl (C=O) groups excluding carboxylic acids is 2. The predicted molar refractivity (Wildman–Crippen MR) is 86.3 cm³/mol. The summed E-state index contributed by atoms with van der Waals surface area (Å²) in [7, 11) is 0. The van der Waals surface area contributed by atoms with Crippen LogP contribution in [0.4, 0.5) is 5.69 Å². The van der Waals surface area contributed by atoms with Crippen molar-refractivity contribution in [3.63, 3.8) is 0 Å². The molecule has 2 N–H and O–H groups in total. The third-order valence-corrected chi connectivity index (χ3v) is 5.57. The maximum Gasteiger partial charge on any atom is 0.337 e. The van der Waals surface area contributed by atoms with Crippen LogP contribution >= 0.6 is 11.6 Å². The fourth-order valence-corrected chi connectivity index (χ4v) is 4.31. The van der Waals surface area contributed by atoms with Crippen molar-refractivity contribution in [2.45, 2.75) is 18.1 Å². The first kappa shape index (κ1) is 16.3. The minimum Gasteiger partial charge on any atom is -0.478 e. The minimum atomic E-state index is -1.25. The van der Waals surface area contributed by atoms with E-state index in [1.54, 1.807) is 19.1 Å². The molecule has 25 heavy (non-hydrogen) atoms. The monoisotopic (exact) mass is 363 g/mol. The fraction of sp³-hybridized carbons (Fsp3) is 0.353. The Morgan fingerprint density at radius 2 is 1.96 bits per heavy atom. The van der Waals surface area contributed by atoms with Crippen molar-refractivity contribution in [1.82, 2.24) is 0 Å². The molecule has 7 nitrogen and oxygen atoms in total. The molecule has 3 heterocycles. The molecule has 4 rings (SSSR count). The van der Waals surface area contributed by atoms with Gasteiger partial charge in [0.1, 0.15) is 5.60 Å². The zero-order chi connectivity index (χ0) is 18.1. The third kappa shape index (κ3) is 1.91. The summed E-state index contributed by atoms with van der Waals surface area (Å²) in [6.07, 6.45) is 3.33. The van der Waals surface area contributed by atoms with Gasteiger partial charge in [0, 0.05) is 0 Å². The van der Waals surface area contributed by atoms with Crippen LogP contribution in [0.25, 0.3) is 0 Å². The van der Waals surface area contributed by atoms with Crippen LogP contribution in [0.1, 0.15) is 17.3 Å². The molecule has 2 bridgehead atoms. The molecule has 1 aromatic carbocycles. The Morgan fingerprint density at radius 1 is 1.28 bits per heavy atom. The second-order valence-electron chi connectivity index (χ2n) is 6.67. The third-order valence-electron chi connectivity index (χ3n) is 5.24. The lowest BCUT2D eigenvalue weighted by Crippen LogP contribution is -2.43. The summed E-state index contributed by atoms with van der Waals surface area (Å²) in [6.45, 7) is 1.28. The van der Waals surface area contributed by atoms with Gasteiger partial charge in [-0.1, -0.05) is 23.8 Å². The van der Waals surface area contributed by atoms with Crippen LogP contribution in [-0.2, 0) is 14.3 Å². The van der Waals surface area contributed by atoms with Gasteiger partial charge in [0.25, 0.3) is 0 Å². The van der Waals surface area contributed by atoms with Crippen molar-refractivity contribution in [2.75, 3.05) is 11.5 Å². The molecule has 3 aliphatic rings. The number of anilines is 1. The van der Waals surface area contributed by atoms with E-state index in [0.29, 0.717) is 0 Å².